The van der Waals surface area contributed by atoms with Crippen molar-refractivity contribution < 1.29 is 0 Å². The minimum atomic E-state index is 0.705. The van der Waals surface area contributed by atoms with Crippen LogP contribution < -0.4 is 10.6 Å². The molecule has 0 spiro atoms. The van der Waals surface area contributed by atoms with Crippen molar-refractivity contribution in [3.8, 4) is 0 Å². The lowest BCUT2D eigenvalue weighted by molar-refractivity contribution is 0.574. The van der Waals surface area contributed by atoms with E-state index in [4.69, 9.17) is 0 Å². The summed E-state index contributed by atoms with van der Waals surface area (Å²) in [5.41, 5.74) is 0. The van der Waals surface area contributed by atoms with Crippen LogP contribution in [0.15, 0.2) is 0 Å². The Morgan fingerprint density at radius 1 is 1.64 bits per heavy atom. The van der Waals surface area contributed by atoms with E-state index in [1.165, 1.54) is 37.3 Å². The summed E-state index contributed by atoms with van der Waals surface area (Å²) < 4.78 is 4.12. The lowest BCUT2D eigenvalue weighted by Gasteiger charge is -2.09. The van der Waals surface area contributed by atoms with E-state index in [-0.39, 0.29) is 0 Å². The lowest BCUT2D eigenvalue weighted by atomic mass is 10.2. The summed E-state index contributed by atoms with van der Waals surface area (Å²) in [6, 6.07) is 0.705. The molecule has 2 heterocycles. The summed E-state index contributed by atoms with van der Waals surface area (Å²) in [5, 5.41) is 7.72. The minimum Gasteiger partial charge on any atom is -0.360 e. The molecular formula is C9H16N4S. The summed E-state index contributed by atoms with van der Waals surface area (Å²) in [4.78, 5) is 4.25. The van der Waals surface area contributed by atoms with Crippen LogP contribution in [0, 0.1) is 6.92 Å². The molecule has 2 N–H and O–H groups in total. The number of anilines is 1. The molecular weight excluding hydrogens is 196 g/mol. The smallest absolute Gasteiger partial charge is 0.202 e. The molecule has 1 aliphatic heterocycles. The van der Waals surface area contributed by atoms with Crippen LogP contribution in [-0.4, -0.2) is 28.5 Å². The Bertz CT molecular complexity index is 280. The molecule has 0 unspecified atom stereocenters. The number of rotatable bonds is 4. The highest BCUT2D eigenvalue weighted by molar-refractivity contribution is 7.09. The Labute approximate surface area is 88.3 Å². The van der Waals surface area contributed by atoms with Gasteiger partial charge in [-0.1, -0.05) is 0 Å². The molecule has 4 nitrogen and oxygen atoms in total. The van der Waals surface area contributed by atoms with Gasteiger partial charge in [-0.05, 0) is 32.7 Å². The van der Waals surface area contributed by atoms with Gasteiger partial charge in [0.25, 0.3) is 0 Å². The molecule has 1 aromatic heterocycles. The second-order valence-electron chi connectivity index (χ2n) is 3.66. The van der Waals surface area contributed by atoms with Gasteiger partial charge in [0, 0.05) is 24.1 Å². The Morgan fingerprint density at radius 2 is 2.57 bits per heavy atom. The summed E-state index contributed by atoms with van der Waals surface area (Å²) in [5.74, 6) is 0.858. The van der Waals surface area contributed by atoms with E-state index >= 15 is 0 Å². The Morgan fingerprint density at radius 3 is 3.21 bits per heavy atom. The first-order valence-electron chi connectivity index (χ1n) is 5.12. The van der Waals surface area contributed by atoms with Gasteiger partial charge in [0.05, 0.1) is 0 Å². The van der Waals surface area contributed by atoms with Gasteiger partial charge in [-0.15, -0.1) is 0 Å². The van der Waals surface area contributed by atoms with Crippen LogP contribution >= 0.6 is 11.5 Å². The number of hydrogen-bond acceptors (Lipinski definition) is 5. The number of nitrogens with zero attached hydrogens (tertiary/aromatic N) is 2. The molecule has 0 radical (unpaired) electrons. The first kappa shape index (κ1) is 9.86. The maximum atomic E-state index is 4.25. The highest BCUT2D eigenvalue weighted by Crippen LogP contribution is 2.12. The van der Waals surface area contributed by atoms with Crippen LogP contribution in [0.2, 0.25) is 0 Å². The summed E-state index contributed by atoms with van der Waals surface area (Å²) in [6.07, 6.45) is 3.82. The highest BCUT2D eigenvalue weighted by atomic mass is 32.1. The van der Waals surface area contributed by atoms with Crippen LogP contribution in [0.5, 0.6) is 0 Å². The molecule has 5 heteroatoms. The van der Waals surface area contributed by atoms with Crippen LogP contribution in [0.4, 0.5) is 5.13 Å². The zero-order valence-electron chi connectivity index (χ0n) is 8.42. The molecule has 0 amide bonds. The van der Waals surface area contributed by atoms with Gasteiger partial charge < -0.3 is 10.6 Å². The summed E-state index contributed by atoms with van der Waals surface area (Å²) in [7, 11) is 0. The minimum absolute atomic E-state index is 0.705. The molecule has 78 valence electrons. The normalized spacial score (nSPS) is 21.4. The van der Waals surface area contributed by atoms with Crippen molar-refractivity contribution in [2.24, 2.45) is 0 Å². The standard InChI is InChI=1S/C9H16N4S/c1-7-12-9(14-13-7)11-6-4-8-3-2-5-10-8/h8,10H,2-6H2,1H3,(H,11,12,13)/t8-/m0/s1. The van der Waals surface area contributed by atoms with Gasteiger partial charge in [-0.25, -0.2) is 4.98 Å². The number of aromatic nitrogens is 2. The zero-order valence-corrected chi connectivity index (χ0v) is 9.23. The van der Waals surface area contributed by atoms with Crippen LogP contribution in [0.3, 0.4) is 0 Å². The largest absolute Gasteiger partial charge is 0.360 e. The van der Waals surface area contributed by atoms with E-state index < -0.39 is 0 Å². The second-order valence-corrected chi connectivity index (χ2v) is 4.41. The van der Waals surface area contributed by atoms with Crippen LogP contribution in [0.25, 0.3) is 0 Å². The van der Waals surface area contributed by atoms with Crippen molar-refractivity contribution in [1.29, 1.82) is 0 Å². The summed E-state index contributed by atoms with van der Waals surface area (Å²) >= 11 is 1.44. The average molecular weight is 212 g/mol. The molecule has 14 heavy (non-hydrogen) atoms. The van der Waals surface area contributed by atoms with Crippen molar-refractivity contribution in [1.82, 2.24) is 14.7 Å². The van der Waals surface area contributed by atoms with E-state index in [2.05, 4.69) is 20.0 Å². The van der Waals surface area contributed by atoms with Gasteiger partial charge in [0.15, 0.2) is 0 Å². The van der Waals surface area contributed by atoms with E-state index in [0.717, 1.165) is 17.5 Å². The van der Waals surface area contributed by atoms with E-state index in [1.54, 1.807) is 0 Å². The molecule has 1 saturated heterocycles. The van der Waals surface area contributed by atoms with Gasteiger partial charge in [-0.2, -0.15) is 4.37 Å². The van der Waals surface area contributed by atoms with Gasteiger partial charge in [-0.3, -0.25) is 0 Å². The molecule has 0 bridgehead atoms. The SMILES string of the molecule is Cc1nsc(NCC[C@@H]2CCCN2)n1. The molecule has 0 aliphatic carbocycles. The fraction of sp³-hybridized carbons (Fsp3) is 0.778. The third-order valence-corrected chi connectivity index (χ3v) is 3.22. The fourth-order valence-electron chi connectivity index (χ4n) is 1.73. The number of nitrogens with one attached hydrogen (secondary N) is 2. The Balaban J connectivity index is 1.67. The van der Waals surface area contributed by atoms with E-state index in [1.807, 2.05) is 6.92 Å². The summed E-state index contributed by atoms with van der Waals surface area (Å²) in [6.45, 7) is 4.09. The first-order valence-corrected chi connectivity index (χ1v) is 5.89. The van der Waals surface area contributed by atoms with E-state index in [9.17, 15) is 0 Å². The van der Waals surface area contributed by atoms with Crippen molar-refractivity contribution in [2.45, 2.75) is 32.2 Å². The first-order chi connectivity index (χ1) is 6.84. The van der Waals surface area contributed by atoms with E-state index in [0.29, 0.717) is 6.04 Å². The fourth-order valence-corrected chi connectivity index (χ4v) is 2.32. The monoisotopic (exact) mass is 212 g/mol. The highest BCUT2D eigenvalue weighted by Gasteiger charge is 2.13. The van der Waals surface area contributed by atoms with Crippen LogP contribution in [-0.2, 0) is 0 Å². The maximum absolute atomic E-state index is 4.25. The van der Waals surface area contributed by atoms with Crippen molar-refractivity contribution in [3.63, 3.8) is 0 Å². The van der Waals surface area contributed by atoms with Gasteiger partial charge in [0.1, 0.15) is 5.82 Å². The molecule has 1 aromatic rings. The third kappa shape index (κ3) is 2.65. The predicted molar refractivity (Wildman–Crippen MR) is 58.8 cm³/mol. The molecule has 2 rings (SSSR count). The predicted octanol–water partition coefficient (Wildman–Crippen LogP) is 1.40. The molecule has 1 fully saturated rings. The van der Waals surface area contributed by atoms with Gasteiger partial charge >= 0.3 is 0 Å². The zero-order chi connectivity index (χ0) is 9.80. The third-order valence-electron chi connectivity index (χ3n) is 2.46. The molecule has 0 aromatic carbocycles. The van der Waals surface area contributed by atoms with Crippen LogP contribution in [0.1, 0.15) is 25.1 Å². The van der Waals surface area contributed by atoms with Crippen molar-refractivity contribution in [2.75, 3.05) is 18.4 Å². The van der Waals surface area contributed by atoms with Gasteiger partial charge in [0.2, 0.25) is 5.13 Å². The van der Waals surface area contributed by atoms with Crippen molar-refractivity contribution >= 4 is 16.7 Å². The lowest BCUT2D eigenvalue weighted by Crippen LogP contribution is -2.24. The number of aryl methyl sites for hydroxylation is 1. The molecule has 1 aliphatic rings. The Kier molecular flexibility index (Phi) is 3.31. The second kappa shape index (κ2) is 4.70. The average Bonchev–Trinajstić information content (AvgIpc) is 2.77. The maximum Gasteiger partial charge on any atom is 0.202 e. The number of hydrogen-bond donors (Lipinski definition) is 2. The molecule has 0 saturated carbocycles. The van der Waals surface area contributed by atoms with Crippen molar-refractivity contribution in [3.05, 3.63) is 5.82 Å². The topological polar surface area (TPSA) is 49.8 Å². The Hall–Kier alpha value is -0.680. The molecule has 1 atom stereocenters. The quantitative estimate of drug-likeness (QED) is 0.792.